The number of ketones is 1. The predicted molar refractivity (Wildman–Crippen MR) is 207 cm³/mol. The standard InChI is InChI=1S/C41H56N2O13/c1-19-12-11-13-20(2)40(52)42-31-26(18-43(9)15-16-44)35(49)28-29(36(31)50)34(48)24(6)38-30(28)39(51)41(8,56-38)54-17-14-27(53-10)21(3)37(55-25(7)45)23(5)33(47)22(4)32(19)46/h11-14,17,19,21-23,27,32-33,37,44,46-50H,15-16,18H2,1-10H3,(H,42,52)/t19-,21-,22-,23-,27+,32-,33-,37-,41-/m0/s1. The van der Waals surface area contributed by atoms with Gasteiger partial charge >= 0.3 is 11.8 Å². The third-order valence-corrected chi connectivity index (χ3v) is 11.0. The van der Waals surface area contributed by atoms with E-state index < -0.39 is 88.8 Å². The lowest BCUT2D eigenvalue weighted by Gasteiger charge is -2.38. The molecule has 0 aliphatic carbocycles. The van der Waals surface area contributed by atoms with E-state index in [1.165, 1.54) is 53.2 Å². The number of hydrogen-bond donors (Lipinski definition) is 7. The molecule has 15 heteroatoms. The van der Waals surface area contributed by atoms with Crippen molar-refractivity contribution in [3.8, 4) is 23.0 Å². The van der Waals surface area contributed by atoms with Crippen LogP contribution in [0.15, 0.2) is 36.1 Å². The molecule has 2 aromatic carbocycles. The number of amides is 1. The number of aliphatic hydroxyl groups excluding tert-OH is 3. The first-order valence-corrected chi connectivity index (χ1v) is 18.6. The summed E-state index contributed by atoms with van der Waals surface area (Å²) in [7, 11) is 3.07. The summed E-state index contributed by atoms with van der Waals surface area (Å²) in [6, 6.07) is 0. The molecule has 0 unspecified atom stereocenters. The van der Waals surface area contributed by atoms with Crippen LogP contribution < -0.4 is 10.1 Å². The number of benzene rings is 2. The number of Topliss-reactive ketones (excluding diaryl/α,β-unsaturated/α-hetero) is 1. The van der Waals surface area contributed by atoms with E-state index in [9.17, 15) is 45.0 Å². The SMILES string of the molecule is CO[C@@H]1C=CO[C@@]2(C)Oc3c(C)c(O)c4c(O)c(c(CN(C)CCO)c(O)c4c3C2=O)NC(=O)C(C)=CC=C[C@H](C)[C@H](O)[C@H](C)[C@H](O)[C@H](C)[C@@H](OC(C)=O)[C@H]1C. The Morgan fingerprint density at radius 3 is 2.23 bits per heavy atom. The average Bonchev–Trinajstić information content (AvgIpc) is 3.41. The van der Waals surface area contributed by atoms with Gasteiger partial charge in [0, 0.05) is 79.8 Å². The van der Waals surface area contributed by atoms with Crippen LogP contribution in [0.5, 0.6) is 23.0 Å². The van der Waals surface area contributed by atoms with E-state index in [-0.39, 0.29) is 64.2 Å². The van der Waals surface area contributed by atoms with Gasteiger partial charge in [-0.2, -0.15) is 0 Å². The van der Waals surface area contributed by atoms with Crippen LogP contribution in [0.25, 0.3) is 10.8 Å². The zero-order valence-corrected chi connectivity index (χ0v) is 33.6. The third-order valence-electron chi connectivity index (χ3n) is 11.0. The number of ether oxygens (including phenoxy) is 4. The van der Waals surface area contributed by atoms with E-state index in [4.69, 9.17) is 18.9 Å². The van der Waals surface area contributed by atoms with Crippen molar-refractivity contribution in [2.75, 3.05) is 32.6 Å². The molecule has 0 aromatic heterocycles. The first-order chi connectivity index (χ1) is 26.2. The Hall–Kier alpha value is -4.67. The number of carbonyl (C=O) groups excluding carboxylic acids is 3. The number of phenols is 3. The van der Waals surface area contributed by atoms with E-state index in [0.29, 0.717) is 0 Å². The van der Waals surface area contributed by atoms with Crippen molar-refractivity contribution in [2.45, 2.75) is 92.1 Å². The fraction of sp³-hybridized carbons (Fsp3) is 0.537. The number of fused-ring (bicyclic) bond motifs is 14. The predicted octanol–water partition coefficient (Wildman–Crippen LogP) is 4.18. The molecule has 3 aliphatic rings. The maximum atomic E-state index is 14.3. The third kappa shape index (κ3) is 8.51. The largest absolute Gasteiger partial charge is 0.507 e. The normalized spacial score (nSPS) is 29.0. The molecule has 1 amide bonds. The van der Waals surface area contributed by atoms with Crippen LogP contribution in [-0.2, 0) is 30.3 Å². The molecule has 56 heavy (non-hydrogen) atoms. The van der Waals surface area contributed by atoms with Crippen LogP contribution in [-0.4, -0.2) is 111 Å². The number of likely N-dealkylation sites (N-methyl/N-ethyl adjacent to an activating group) is 1. The van der Waals surface area contributed by atoms with Crippen LogP contribution in [0.3, 0.4) is 0 Å². The summed E-state index contributed by atoms with van der Waals surface area (Å²) in [4.78, 5) is 41.8. The van der Waals surface area contributed by atoms with E-state index >= 15 is 0 Å². The van der Waals surface area contributed by atoms with Gasteiger partial charge in [0.2, 0.25) is 0 Å². The maximum absolute atomic E-state index is 14.3. The van der Waals surface area contributed by atoms with Crippen LogP contribution >= 0.6 is 0 Å². The van der Waals surface area contributed by atoms with Gasteiger partial charge in [0.05, 0.1) is 47.8 Å². The van der Waals surface area contributed by atoms with Gasteiger partial charge in [-0.3, -0.25) is 19.3 Å². The molecular weight excluding hydrogens is 728 g/mol. The van der Waals surface area contributed by atoms with Crippen molar-refractivity contribution >= 4 is 34.1 Å². The Morgan fingerprint density at radius 2 is 1.62 bits per heavy atom. The molecule has 2 aromatic rings. The lowest BCUT2D eigenvalue weighted by Crippen LogP contribution is -2.46. The van der Waals surface area contributed by atoms with Gasteiger partial charge in [-0.1, -0.05) is 45.9 Å². The number of methoxy groups -OCH3 is 1. The minimum atomic E-state index is -2.04. The Labute approximate surface area is 326 Å². The van der Waals surface area contributed by atoms with Crippen LogP contribution in [0.4, 0.5) is 5.69 Å². The number of anilines is 1. The molecule has 308 valence electrons. The van der Waals surface area contributed by atoms with Crippen molar-refractivity contribution < 1.29 is 64.0 Å². The second-order valence-corrected chi connectivity index (χ2v) is 15.1. The number of nitrogens with one attached hydrogen (secondary N) is 1. The van der Waals surface area contributed by atoms with Gasteiger partial charge in [-0.05, 0) is 27.0 Å². The molecule has 0 saturated heterocycles. The fourth-order valence-corrected chi connectivity index (χ4v) is 7.46. The van der Waals surface area contributed by atoms with Crippen LogP contribution in [0.2, 0.25) is 0 Å². The van der Waals surface area contributed by atoms with Crippen molar-refractivity contribution in [1.82, 2.24) is 4.90 Å². The highest BCUT2D eigenvalue weighted by atomic mass is 16.7. The second kappa shape index (κ2) is 17.6. The smallest absolute Gasteiger partial charge is 0.312 e. The zero-order chi connectivity index (χ0) is 42.0. The van der Waals surface area contributed by atoms with Gasteiger partial charge < -0.3 is 54.9 Å². The maximum Gasteiger partial charge on any atom is 0.312 e. The number of rotatable bonds is 6. The summed E-state index contributed by atoms with van der Waals surface area (Å²) in [6.45, 7) is 12.2. The van der Waals surface area contributed by atoms with Crippen molar-refractivity contribution in [2.24, 2.45) is 23.7 Å². The minimum Gasteiger partial charge on any atom is -0.507 e. The number of carbonyl (C=O) groups is 3. The highest BCUT2D eigenvalue weighted by Gasteiger charge is 2.50. The fourth-order valence-electron chi connectivity index (χ4n) is 7.46. The number of allylic oxidation sites excluding steroid dienone is 2. The van der Waals surface area contributed by atoms with E-state index in [1.807, 2.05) is 0 Å². The average molecular weight is 785 g/mol. The van der Waals surface area contributed by atoms with Crippen LogP contribution in [0.1, 0.15) is 70.0 Å². The number of hydrogen-bond acceptors (Lipinski definition) is 14. The molecule has 5 rings (SSSR count). The van der Waals surface area contributed by atoms with Crippen molar-refractivity contribution in [3.05, 3.63) is 52.8 Å². The number of esters is 1. The molecular formula is C41H56N2O13. The number of aromatic hydroxyl groups is 3. The number of nitrogens with zero attached hydrogens (tertiary/aromatic N) is 1. The molecule has 15 nitrogen and oxygen atoms in total. The summed E-state index contributed by atoms with van der Waals surface area (Å²) < 4.78 is 23.5. The first kappa shape index (κ1) is 44.0. The molecule has 5 bridgehead atoms. The monoisotopic (exact) mass is 784 g/mol. The van der Waals surface area contributed by atoms with Crippen molar-refractivity contribution in [1.29, 1.82) is 0 Å². The molecule has 9 atom stereocenters. The second-order valence-electron chi connectivity index (χ2n) is 15.1. The molecule has 0 saturated carbocycles. The summed E-state index contributed by atoms with van der Waals surface area (Å²) in [5.74, 6) is -8.34. The van der Waals surface area contributed by atoms with Gasteiger partial charge in [0.15, 0.2) is 5.75 Å². The summed E-state index contributed by atoms with van der Waals surface area (Å²) in [5, 5.41) is 69.7. The highest BCUT2D eigenvalue weighted by molar-refractivity contribution is 6.22. The number of aliphatic hydroxyl groups is 3. The molecule has 0 radical (unpaired) electrons. The van der Waals surface area contributed by atoms with E-state index in [2.05, 4.69) is 5.32 Å². The highest BCUT2D eigenvalue weighted by Crippen LogP contribution is 2.55. The summed E-state index contributed by atoms with van der Waals surface area (Å²) in [5.41, 5.74) is -0.211. The molecule has 3 heterocycles. The van der Waals surface area contributed by atoms with Crippen LogP contribution in [0, 0.1) is 30.6 Å². The lowest BCUT2D eigenvalue weighted by molar-refractivity contribution is -0.160. The van der Waals surface area contributed by atoms with E-state index in [1.54, 1.807) is 51.8 Å². The van der Waals surface area contributed by atoms with Gasteiger partial charge in [-0.15, -0.1) is 0 Å². The Bertz CT molecular complexity index is 1920. The first-order valence-electron chi connectivity index (χ1n) is 18.6. The quantitative estimate of drug-likeness (QED) is 0.124. The summed E-state index contributed by atoms with van der Waals surface area (Å²) in [6.07, 6.45) is 3.50. The molecule has 0 fully saturated rings. The van der Waals surface area contributed by atoms with Gasteiger partial charge in [0.25, 0.3) is 11.7 Å². The van der Waals surface area contributed by atoms with Gasteiger partial charge in [-0.25, -0.2) is 0 Å². The molecule has 0 spiro atoms. The van der Waals surface area contributed by atoms with E-state index in [0.717, 1.165) is 0 Å². The minimum absolute atomic E-state index is 0.0115. The summed E-state index contributed by atoms with van der Waals surface area (Å²) >= 11 is 0. The Balaban J connectivity index is 1.97. The zero-order valence-electron chi connectivity index (χ0n) is 33.6. The van der Waals surface area contributed by atoms with Crippen molar-refractivity contribution in [3.63, 3.8) is 0 Å². The molecule has 7 N–H and O–H groups in total. The Kier molecular flexibility index (Phi) is 13.9. The topological polar surface area (TPSA) is 225 Å². The molecule has 3 aliphatic heterocycles. The Morgan fingerprint density at radius 1 is 0.964 bits per heavy atom. The number of phenolic OH excluding ortho intramolecular Hbond substituents is 3. The lowest BCUT2D eigenvalue weighted by atomic mass is 9.78. The van der Waals surface area contributed by atoms with Gasteiger partial charge in [0.1, 0.15) is 23.4 Å².